The first kappa shape index (κ1) is 18.3. The lowest BCUT2D eigenvalue weighted by molar-refractivity contribution is 0.314. The van der Waals surface area contributed by atoms with Gasteiger partial charge in [-0.05, 0) is 38.1 Å². The summed E-state index contributed by atoms with van der Waals surface area (Å²) in [5.41, 5.74) is 2.71. The third-order valence-electron chi connectivity index (χ3n) is 5.46. The third-order valence-corrected chi connectivity index (χ3v) is 5.46. The number of oxazole rings is 1. The molecule has 2 aromatic rings. The maximum Gasteiger partial charge on any atom is 0.206 e. The Morgan fingerprint density at radius 3 is 2.86 bits per heavy atom. The van der Waals surface area contributed by atoms with E-state index in [0.717, 1.165) is 23.7 Å². The number of rotatable bonds is 3. The van der Waals surface area contributed by atoms with E-state index in [0.29, 0.717) is 36.7 Å². The SMILES string of the molecule is CN1CC=CC=C1C(C)(C)c1nc2c(o1)CCN(c1cc(F)cc(C#N)c1)C2. The standard InChI is InChI=1S/C22H23FN4O/c1-22(2,20-6-4-5-8-26(20)3)21-25-18-14-27(9-7-19(18)28-21)17-11-15(13-24)10-16(23)12-17/h4-6,10-12H,7-9,14H2,1-3H3. The van der Waals surface area contributed by atoms with Crippen LogP contribution in [-0.4, -0.2) is 30.0 Å². The van der Waals surface area contributed by atoms with Gasteiger partial charge in [0.15, 0.2) is 0 Å². The molecule has 0 saturated carbocycles. The fourth-order valence-electron chi connectivity index (χ4n) is 3.91. The Labute approximate surface area is 164 Å². The summed E-state index contributed by atoms with van der Waals surface area (Å²) in [5, 5.41) is 9.10. The molecule has 0 atom stereocenters. The van der Waals surface area contributed by atoms with E-state index in [1.165, 1.54) is 12.1 Å². The van der Waals surface area contributed by atoms with E-state index in [1.807, 2.05) is 11.0 Å². The molecule has 4 rings (SSSR count). The summed E-state index contributed by atoms with van der Waals surface area (Å²) in [6, 6.07) is 6.44. The van der Waals surface area contributed by atoms with Crippen LogP contribution in [0.2, 0.25) is 0 Å². The van der Waals surface area contributed by atoms with Crippen molar-refractivity contribution in [2.45, 2.75) is 32.2 Å². The molecule has 1 aromatic heterocycles. The summed E-state index contributed by atoms with van der Waals surface area (Å²) < 4.78 is 20.0. The summed E-state index contributed by atoms with van der Waals surface area (Å²) in [4.78, 5) is 9.06. The van der Waals surface area contributed by atoms with E-state index >= 15 is 0 Å². The molecule has 0 bridgehead atoms. The molecular weight excluding hydrogens is 355 g/mol. The van der Waals surface area contributed by atoms with Crippen molar-refractivity contribution in [1.82, 2.24) is 9.88 Å². The van der Waals surface area contributed by atoms with E-state index in [2.05, 4.69) is 44.0 Å². The summed E-state index contributed by atoms with van der Waals surface area (Å²) in [6.45, 7) is 6.34. The van der Waals surface area contributed by atoms with Crippen molar-refractivity contribution in [3.63, 3.8) is 0 Å². The highest BCUT2D eigenvalue weighted by atomic mass is 19.1. The lowest BCUT2D eigenvalue weighted by atomic mass is 9.87. The smallest absolute Gasteiger partial charge is 0.206 e. The molecule has 5 nitrogen and oxygen atoms in total. The van der Waals surface area contributed by atoms with Crippen molar-refractivity contribution in [3.05, 3.63) is 70.8 Å². The Balaban J connectivity index is 1.62. The van der Waals surface area contributed by atoms with Gasteiger partial charge in [0.25, 0.3) is 0 Å². The van der Waals surface area contributed by atoms with E-state index < -0.39 is 5.82 Å². The van der Waals surface area contributed by atoms with Gasteiger partial charge in [0.2, 0.25) is 5.89 Å². The van der Waals surface area contributed by atoms with Crippen molar-refractivity contribution in [3.8, 4) is 6.07 Å². The van der Waals surface area contributed by atoms with Crippen molar-refractivity contribution >= 4 is 5.69 Å². The molecule has 144 valence electrons. The van der Waals surface area contributed by atoms with Gasteiger partial charge >= 0.3 is 0 Å². The lowest BCUT2D eigenvalue weighted by Gasteiger charge is -2.33. The summed E-state index contributed by atoms with van der Waals surface area (Å²) >= 11 is 0. The second kappa shape index (κ2) is 6.83. The van der Waals surface area contributed by atoms with Crippen LogP contribution in [0.5, 0.6) is 0 Å². The van der Waals surface area contributed by atoms with Crippen LogP contribution in [0.3, 0.4) is 0 Å². The molecule has 2 aliphatic heterocycles. The predicted molar refractivity (Wildman–Crippen MR) is 105 cm³/mol. The van der Waals surface area contributed by atoms with Crippen LogP contribution in [0.15, 0.2) is 46.5 Å². The van der Waals surface area contributed by atoms with Gasteiger partial charge in [-0.2, -0.15) is 5.26 Å². The molecular formula is C22H23FN4O. The van der Waals surface area contributed by atoms with Crippen LogP contribution in [0.4, 0.5) is 10.1 Å². The lowest BCUT2D eigenvalue weighted by Crippen LogP contribution is -2.33. The van der Waals surface area contributed by atoms with E-state index in [-0.39, 0.29) is 5.41 Å². The Kier molecular flexibility index (Phi) is 4.46. The molecule has 0 aliphatic carbocycles. The summed E-state index contributed by atoms with van der Waals surface area (Å²) in [5.74, 6) is 1.19. The average molecular weight is 378 g/mol. The number of allylic oxidation sites excluding steroid dienone is 3. The molecule has 0 amide bonds. The summed E-state index contributed by atoms with van der Waals surface area (Å²) in [6.07, 6.45) is 6.99. The zero-order valence-electron chi connectivity index (χ0n) is 16.4. The molecule has 0 radical (unpaired) electrons. The highest BCUT2D eigenvalue weighted by Gasteiger charge is 2.35. The molecule has 1 aromatic carbocycles. The topological polar surface area (TPSA) is 56.3 Å². The highest BCUT2D eigenvalue weighted by molar-refractivity contribution is 5.53. The van der Waals surface area contributed by atoms with Gasteiger partial charge in [0, 0.05) is 37.9 Å². The molecule has 0 N–H and O–H groups in total. The van der Waals surface area contributed by atoms with E-state index in [1.54, 1.807) is 6.07 Å². The number of halogens is 1. The molecule has 3 heterocycles. The van der Waals surface area contributed by atoms with Gasteiger partial charge in [-0.25, -0.2) is 9.37 Å². The molecule has 28 heavy (non-hydrogen) atoms. The second-order valence-electron chi connectivity index (χ2n) is 7.86. The van der Waals surface area contributed by atoms with Crippen LogP contribution in [0.25, 0.3) is 0 Å². The number of fused-ring (bicyclic) bond motifs is 1. The number of aromatic nitrogens is 1. The highest BCUT2D eigenvalue weighted by Crippen LogP contribution is 2.36. The monoisotopic (exact) mass is 378 g/mol. The van der Waals surface area contributed by atoms with Gasteiger partial charge in [0.1, 0.15) is 17.3 Å². The van der Waals surface area contributed by atoms with Gasteiger partial charge in [0.05, 0.1) is 23.6 Å². The van der Waals surface area contributed by atoms with Crippen LogP contribution in [0.1, 0.15) is 36.8 Å². The van der Waals surface area contributed by atoms with Gasteiger partial charge in [-0.1, -0.05) is 12.2 Å². The zero-order chi connectivity index (χ0) is 19.9. The Morgan fingerprint density at radius 1 is 1.29 bits per heavy atom. The van der Waals surface area contributed by atoms with Crippen LogP contribution >= 0.6 is 0 Å². The number of nitrogens with zero attached hydrogens (tertiary/aromatic N) is 4. The molecule has 0 fully saturated rings. The first-order chi connectivity index (χ1) is 13.4. The predicted octanol–water partition coefficient (Wildman–Crippen LogP) is 3.91. The van der Waals surface area contributed by atoms with Gasteiger partial charge in [-0.3, -0.25) is 0 Å². The van der Waals surface area contributed by atoms with Crippen LogP contribution in [0, 0.1) is 17.1 Å². The number of benzene rings is 1. The minimum absolute atomic E-state index is 0.322. The van der Waals surface area contributed by atoms with Crippen LogP contribution in [-0.2, 0) is 18.4 Å². The fraction of sp³-hybridized carbons (Fsp3) is 0.364. The van der Waals surface area contributed by atoms with Gasteiger partial charge < -0.3 is 14.2 Å². The van der Waals surface area contributed by atoms with Crippen molar-refractivity contribution in [2.24, 2.45) is 0 Å². The van der Waals surface area contributed by atoms with Gasteiger partial charge in [-0.15, -0.1) is 0 Å². The Hall–Kier alpha value is -3.07. The number of anilines is 1. The van der Waals surface area contributed by atoms with Crippen molar-refractivity contribution < 1.29 is 8.81 Å². The fourth-order valence-corrected chi connectivity index (χ4v) is 3.91. The van der Waals surface area contributed by atoms with Crippen molar-refractivity contribution in [1.29, 1.82) is 5.26 Å². The first-order valence-electron chi connectivity index (χ1n) is 9.41. The van der Waals surface area contributed by atoms with Crippen molar-refractivity contribution in [2.75, 3.05) is 25.0 Å². The number of nitriles is 1. The average Bonchev–Trinajstić information content (AvgIpc) is 3.12. The Morgan fingerprint density at radius 2 is 2.11 bits per heavy atom. The number of hydrogen-bond acceptors (Lipinski definition) is 5. The number of likely N-dealkylation sites (N-methyl/N-ethyl adjacent to an activating group) is 1. The normalized spacial score (nSPS) is 16.6. The molecule has 0 spiro atoms. The van der Waals surface area contributed by atoms with E-state index in [4.69, 9.17) is 14.7 Å². The Bertz CT molecular complexity index is 1010. The molecule has 2 aliphatic rings. The largest absolute Gasteiger partial charge is 0.444 e. The zero-order valence-corrected chi connectivity index (χ0v) is 16.4. The maximum absolute atomic E-state index is 13.8. The minimum Gasteiger partial charge on any atom is -0.444 e. The summed E-state index contributed by atoms with van der Waals surface area (Å²) in [7, 11) is 2.07. The second-order valence-corrected chi connectivity index (χ2v) is 7.86. The quantitative estimate of drug-likeness (QED) is 0.810. The molecule has 0 unspecified atom stereocenters. The number of hydrogen-bond donors (Lipinski definition) is 0. The first-order valence-corrected chi connectivity index (χ1v) is 9.41. The molecule has 6 heteroatoms. The van der Waals surface area contributed by atoms with Crippen LogP contribution < -0.4 is 4.90 Å². The maximum atomic E-state index is 13.8. The van der Waals surface area contributed by atoms with E-state index in [9.17, 15) is 4.39 Å². The minimum atomic E-state index is -0.401. The third kappa shape index (κ3) is 3.18. The molecule has 0 saturated heterocycles.